The highest BCUT2D eigenvalue weighted by molar-refractivity contribution is 8.00. The summed E-state index contributed by atoms with van der Waals surface area (Å²) in [7, 11) is 0. The van der Waals surface area contributed by atoms with Gasteiger partial charge in [0.15, 0.2) is 5.16 Å². The summed E-state index contributed by atoms with van der Waals surface area (Å²) in [6.45, 7) is 13.0. The standard InChI is InChI=1S/C24H35N3O3S/c1-16(2)30-12-8-11-27-23(29)20-9-6-7-10-21(20)25-24(27)31-19(5)22(28)26-14-17(3)13-18(4)15-26/h6-7,9-10,16-19H,8,11-15H2,1-5H3/t17-,18+,19-/m1/s1. The Bertz CT molecular complexity index is 949. The molecule has 1 aromatic carbocycles. The van der Waals surface area contributed by atoms with Gasteiger partial charge in [-0.05, 0) is 57.6 Å². The molecule has 0 aliphatic carbocycles. The third-order valence-corrected chi connectivity index (χ3v) is 6.69. The second kappa shape index (κ2) is 10.6. The Labute approximate surface area is 189 Å². The zero-order valence-electron chi connectivity index (χ0n) is 19.3. The number of para-hydroxylation sites is 1. The molecular weight excluding hydrogens is 410 g/mol. The lowest BCUT2D eigenvalue weighted by molar-refractivity contribution is -0.132. The van der Waals surface area contributed by atoms with Gasteiger partial charge in [-0.1, -0.05) is 37.7 Å². The van der Waals surface area contributed by atoms with E-state index in [2.05, 4.69) is 13.8 Å². The number of hydrogen-bond acceptors (Lipinski definition) is 5. The summed E-state index contributed by atoms with van der Waals surface area (Å²) in [5.74, 6) is 1.16. The Morgan fingerprint density at radius 3 is 2.55 bits per heavy atom. The molecular formula is C24H35N3O3S. The van der Waals surface area contributed by atoms with Crippen LogP contribution in [0.25, 0.3) is 10.9 Å². The van der Waals surface area contributed by atoms with Gasteiger partial charge in [-0.15, -0.1) is 0 Å². The van der Waals surface area contributed by atoms with Crippen molar-refractivity contribution in [2.75, 3.05) is 19.7 Å². The number of carbonyl (C=O) groups is 1. The molecule has 0 bridgehead atoms. The molecule has 170 valence electrons. The molecule has 1 amide bonds. The monoisotopic (exact) mass is 445 g/mol. The fourth-order valence-electron chi connectivity index (χ4n) is 4.29. The van der Waals surface area contributed by atoms with E-state index >= 15 is 0 Å². The van der Waals surface area contributed by atoms with Gasteiger partial charge in [0.25, 0.3) is 5.56 Å². The maximum absolute atomic E-state index is 13.2. The second-order valence-corrected chi connectivity index (χ2v) is 10.4. The smallest absolute Gasteiger partial charge is 0.262 e. The molecule has 3 atom stereocenters. The fraction of sp³-hybridized carbons (Fsp3) is 0.625. The molecule has 2 heterocycles. The molecule has 2 aromatic rings. The van der Waals surface area contributed by atoms with Crippen LogP contribution in [-0.2, 0) is 16.1 Å². The number of carbonyl (C=O) groups excluding carboxylic acids is 1. The van der Waals surface area contributed by atoms with Gasteiger partial charge in [0.1, 0.15) is 0 Å². The lowest BCUT2D eigenvalue weighted by atomic mass is 9.92. The van der Waals surface area contributed by atoms with Gasteiger partial charge in [-0.2, -0.15) is 0 Å². The first kappa shape index (κ1) is 23.8. The number of piperidine rings is 1. The van der Waals surface area contributed by atoms with Crippen LogP contribution in [-0.4, -0.2) is 51.4 Å². The Morgan fingerprint density at radius 2 is 1.87 bits per heavy atom. The molecule has 1 saturated heterocycles. The Balaban J connectivity index is 1.82. The molecule has 0 N–H and O–H groups in total. The Hall–Kier alpha value is -1.86. The van der Waals surface area contributed by atoms with E-state index in [1.165, 1.54) is 11.8 Å². The van der Waals surface area contributed by atoms with Crippen molar-refractivity contribution >= 4 is 28.6 Å². The zero-order chi connectivity index (χ0) is 22.5. The van der Waals surface area contributed by atoms with Crippen molar-refractivity contribution in [1.29, 1.82) is 0 Å². The van der Waals surface area contributed by atoms with E-state index in [1.807, 2.05) is 49.9 Å². The predicted octanol–water partition coefficient (Wildman–Crippen LogP) is 4.20. The fourth-order valence-corrected chi connectivity index (χ4v) is 5.30. The Morgan fingerprint density at radius 1 is 1.19 bits per heavy atom. The van der Waals surface area contributed by atoms with Gasteiger partial charge in [-0.3, -0.25) is 14.2 Å². The third-order valence-electron chi connectivity index (χ3n) is 5.61. The van der Waals surface area contributed by atoms with Crippen LogP contribution in [0.15, 0.2) is 34.2 Å². The van der Waals surface area contributed by atoms with Gasteiger partial charge >= 0.3 is 0 Å². The molecule has 31 heavy (non-hydrogen) atoms. The van der Waals surface area contributed by atoms with Crippen molar-refractivity contribution in [3.05, 3.63) is 34.6 Å². The molecule has 0 spiro atoms. The summed E-state index contributed by atoms with van der Waals surface area (Å²) < 4.78 is 7.36. The first-order valence-corrected chi connectivity index (χ1v) is 12.2. The van der Waals surface area contributed by atoms with Crippen molar-refractivity contribution in [3.63, 3.8) is 0 Å². The van der Waals surface area contributed by atoms with Crippen molar-refractivity contribution in [3.8, 4) is 0 Å². The van der Waals surface area contributed by atoms with Crippen LogP contribution in [0.1, 0.15) is 47.5 Å². The highest BCUT2D eigenvalue weighted by Crippen LogP contribution is 2.27. The number of ether oxygens (including phenoxy) is 1. The van der Waals surface area contributed by atoms with E-state index in [0.717, 1.165) is 25.9 Å². The minimum atomic E-state index is -0.302. The quantitative estimate of drug-likeness (QED) is 0.346. The molecule has 0 unspecified atom stereocenters. The largest absolute Gasteiger partial charge is 0.379 e. The predicted molar refractivity (Wildman–Crippen MR) is 127 cm³/mol. The van der Waals surface area contributed by atoms with E-state index < -0.39 is 0 Å². The van der Waals surface area contributed by atoms with Crippen LogP contribution in [0, 0.1) is 11.8 Å². The minimum absolute atomic E-state index is 0.0579. The molecule has 0 saturated carbocycles. The van der Waals surface area contributed by atoms with Crippen LogP contribution in [0.2, 0.25) is 0 Å². The van der Waals surface area contributed by atoms with E-state index in [-0.39, 0.29) is 22.8 Å². The summed E-state index contributed by atoms with van der Waals surface area (Å²) in [6.07, 6.45) is 2.04. The average Bonchev–Trinajstić information content (AvgIpc) is 2.71. The normalized spacial score (nSPS) is 20.4. The molecule has 1 aromatic heterocycles. The zero-order valence-corrected chi connectivity index (χ0v) is 20.2. The summed E-state index contributed by atoms with van der Waals surface area (Å²) in [5, 5.41) is 0.908. The van der Waals surface area contributed by atoms with E-state index in [9.17, 15) is 9.59 Å². The molecule has 1 aliphatic rings. The molecule has 7 heteroatoms. The summed E-state index contributed by atoms with van der Waals surface area (Å²) in [5.41, 5.74) is 0.613. The van der Waals surface area contributed by atoms with E-state index in [1.54, 1.807) is 4.57 Å². The van der Waals surface area contributed by atoms with Crippen molar-refractivity contribution in [1.82, 2.24) is 14.5 Å². The van der Waals surface area contributed by atoms with E-state index in [0.29, 0.717) is 41.0 Å². The van der Waals surface area contributed by atoms with Gasteiger partial charge in [-0.25, -0.2) is 4.98 Å². The van der Waals surface area contributed by atoms with Gasteiger partial charge in [0.2, 0.25) is 5.91 Å². The number of likely N-dealkylation sites (tertiary alicyclic amines) is 1. The highest BCUT2D eigenvalue weighted by Gasteiger charge is 2.29. The number of nitrogens with zero attached hydrogens (tertiary/aromatic N) is 3. The van der Waals surface area contributed by atoms with Crippen molar-refractivity contribution in [2.45, 2.75) is 70.5 Å². The maximum atomic E-state index is 13.2. The van der Waals surface area contributed by atoms with Gasteiger partial charge < -0.3 is 9.64 Å². The molecule has 0 radical (unpaired) electrons. The number of hydrogen-bond donors (Lipinski definition) is 0. The minimum Gasteiger partial charge on any atom is -0.379 e. The van der Waals surface area contributed by atoms with Crippen LogP contribution < -0.4 is 5.56 Å². The van der Waals surface area contributed by atoms with Crippen molar-refractivity contribution in [2.24, 2.45) is 11.8 Å². The second-order valence-electron chi connectivity index (χ2n) is 9.09. The number of benzene rings is 1. The van der Waals surface area contributed by atoms with Crippen LogP contribution >= 0.6 is 11.8 Å². The summed E-state index contributed by atoms with van der Waals surface area (Å²) >= 11 is 1.39. The number of rotatable bonds is 8. The highest BCUT2D eigenvalue weighted by atomic mass is 32.2. The van der Waals surface area contributed by atoms with E-state index in [4.69, 9.17) is 9.72 Å². The maximum Gasteiger partial charge on any atom is 0.262 e. The summed E-state index contributed by atoms with van der Waals surface area (Å²) in [6, 6.07) is 7.41. The van der Waals surface area contributed by atoms with Gasteiger partial charge in [0.05, 0.1) is 22.3 Å². The van der Waals surface area contributed by atoms with Crippen LogP contribution in [0.5, 0.6) is 0 Å². The third kappa shape index (κ3) is 6.10. The lowest BCUT2D eigenvalue weighted by Crippen LogP contribution is -2.45. The molecule has 1 aliphatic heterocycles. The number of fused-ring (bicyclic) bond motifs is 1. The first-order valence-electron chi connectivity index (χ1n) is 11.3. The first-order chi connectivity index (χ1) is 14.8. The van der Waals surface area contributed by atoms with Crippen LogP contribution in [0.4, 0.5) is 0 Å². The number of amides is 1. The molecule has 6 nitrogen and oxygen atoms in total. The Kier molecular flexibility index (Phi) is 8.17. The summed E-state index contributed by atoms with van der Waals surface area (Å²) in [4.78, 5) is 33.1. The molecule has 1 fully saturated rings. The topological polar surface area (TPSA) is 64.4 Å². The molecule has 3 rings (SSSR count). The van der Waals surface area contributed by atoms with Gasteiger partial charge in [0, 0.05) is 26.2 Å². The lowest BCUT2D eigenvalue weighted by Gasteiger charge is -2.36. The average molecular weight is 446 g/mol. The van der Waals surface area contributed by atoms with Crippen LogP contribution in [0.3, 0.4) is 0 Å². The SMILES string of the molecule is CC(C)OCCCn1c(S[C@H](C)C(=O)N2C[C@H](C)C[C@H](C)C2)nc2ccccc2c1=O. The van der Waals surface area contributed by atoms with Crippen molar-refractivity contribution < 1.29 is 9.53 Å². The number of thioether (sulfide) groups is 1. The number of aromatic nitrogens is 2.